The molecule has 0 heterocycles. The minimum absolute atomic E-state index is 0.0930. The molecule has 1 amide bonds. The van der Waals surface area contributed by atoms with E-state index >= 15 is 0 Å². The first-order valence-corrected chi connectivity index (χ1v) is 6.32. The van der Waals surface area contributed by atoms with E-state index in [9.17, 15) is 9.59 Å². The Hall–Kier alpha value is -2.00. The summed E-state index contributed by atoms with van der Waals surface area (Å²) in [6.07, 6.45) is 0. The Balaban J connectivity index is 2.76. The van der Waals surface area contributed by atoms with Gasteiger partial charge in [0.05, 0.1) is 17.6 Å². The van der Waals surface area contributed by atoms with Gasteiger partial charge in [-0.15, -0.1) is 11.8 Å². The lowest BCUT2D eigenvalue weighted by atomic mass is 10.3. The molecule has 0 aliphatic rings. The fourth-order valence-electron chi connectivity index (χ4n) is 1.33. The van der Waals surface area contributed by atoms with Crippen LogP contribution in [0.1, 0.15) is 0 Å². The molecule has 0 aromatic heterocycles. The number of benzene rings is 1. The lowest BCUT2D eigenvalue weighted by Crippen LogP contribution is -2.37. The fraction of sp³-hybridized carbons (Fsp3) is 0.250. The maximum absolute atomic E-state index is 11.9. The van der Waals surface area contributed by atoms with Crippen LogP contribution < -0.4 is 4.90 Å². The Morgan fingerprint density at radius 3 is 2.56 bits per heavy atom. The molecule has 0 spiro atoms. The molecule has 94 valence electrons. The molecule has 0 saturated heterocycles. The Morgan fingerprint density at radius 1 is 1.33 bits per heavy atom. The van der Waals surface area contributed by atoms with Crippen molar-refractivity contribution in [3.8, 4) is 6.07 Å². The van der Waals surface area contributed by atoms with E-state index in [1.54, 1.807) is 30.3 Å². The van der Waals surface area contributed by atoms with Gasteiger partial charge in [0.15, 0.2) is 0 Å². The van der Waals surface area contributed by atoms with Crippen molar-refractivity contribution in [3.63, 3.8) is 0 Å². The molecule has 0 atom stereocenters. The summed E-state index contributed by atoms with van der Waals surface area (Å²) in [6.45, 7) is -0.379. The number of carbonyl (C=O) groups is 2. The highest BCUT2D eigenvalue weighted by Crippen LogP contribution is 2.14. The number of para-hydroxylation sites is 1. The lowest BCUT2D eigenvalue weighted by Gasteiger charge is -2.20. The van der Waals surface area contributed by atoms with Crippen LogP contribution in [-0.2, 0) is 9.59 Å². The van der Waals surface area contributed by atoms with Crippen molar-refractivity contribution in [3.05, 3.63) is 30.3 Å². The zero-order chi connectivity index (χ0) is 13.4. The second-order valence-corrected chi connectivity index (χ2v) is 4.35. The summed E-state index contributed by atoms with van der Waals surface area (Å²) in [7, 11) is 0. The largest absolute Gasteiger partial charge is 0.480 e. The molecule has 0 fully saturated rings. The highest BCUT2D eigenvalue weighted by Gasteiger charge is 2.18. The molecule has 5 nitrogen and oxygen atoms in total. The summed E-state index contributed by atoms with van der Waals surface area (Å²) in [5, 5.41) is 17.2. The van der Waals surface area contributed by atoms with Crippen molar-refractivity contribution in [1.82, 2.24) is 0 Å². The first-order valence-electron chi connectivity index (χ1n) is 5.17. The van der Waals surface area contributed by atoms with Gasteiger partial charge in [0.1, 0.15) is 6.54 Å². The predicted octanol–water partition coefficient (Wildman–Crippen LogP) is 1.36. The number of thioether (sulfide) groups is 1. The van der Waals surface area contributed by atoms with Crippen LogP contribution in [0.3, 0.4) is 0 Å². The number of rotatable bonds is 6. The van der Waals surface area contributed by atoms with Gasteiger partial charge in [-0.25, -0.2) is 0 Å². The van der Waals surface area contributed by atoms with E-state index in [4.69, 9.17) is 10.4 Å². The number of nitrogens with zero attached hydrogens (tertiary/aromatic N) is 2. The molecular formula is C12H12N2O3S. The Labute approximate surface area is 109 Å². The van der Waals surface area contributed by atoms with Gasteiger partial charge in [-0.05, 0) is 12.1 Å². The van der Waals surface area contributed by atoms with Crippen LogP contribution in [0.2, 0.25) is 0 Å². The van der Waals surface area contributed by atoms with Crippen molar-refractivity contribution < 1.29 is 14.7 Å². The van der Waals surface area contributed by atoms with Crippen molar-refractivity contribution in [1.29, 1.82) is 5.26 Å². The fourth-order valence-corrected chi connectivity index (χ4v) is 1.85. The van der Waals surface area contributed by atoms with Crippen molar-refractivity contribution in [2.45, 2.75) is 0 Å². The number of carbonyl (C=O) groups excluding carboxylic acids is 1. The van der Waals surface area contributed by atoms with E-state index in [1.165, 1.54) is 16.7 Å². The summed E-state index contributed by atoms with van der Waals surface area (Å²) >= 11 is 1.17. The van der Waals surface area contributed by atoms with E-state index in [2.05, 4.69) is 0 Å². The molecule has 0 aliphatic heterocycles. The number of nitriles is 1. The molecule has 1 aromatic carbocycles. The standard InChI is InChI=1S/C12H12N2O3S/c13-6-7-18-9-11(15)14(8-12(16)17)10-4-2-1-3-5-10/h1-5H,7-9H2,(H,16,17). The molecule has 18 heavy (non-hydrogen) atoms. The normalized spacial score (nSPS) is 9.50. The Kier molecular flexibility index (Phi) is 5.74. The molecule has 1 N–H and O–H groups in total. The van der Waals surface area contributed by atoms with Gasteiger partial charge in [-0.2, -0.15) is 5.26 Å². The SMILES string of the molecule is N#CCSCC(=O)N(CC(=O)O)c1ccccc1. The third kappa shape index (κ3) is 4.47. The van der Waals surface area contributed by atoms with E-state index in [0.717, 1.165) is 0 Å². The molecule has 0 radical (unpaired) electrons. The van der Waals surface area contributed by atoms with E-state index in [-0.39, 0.29) is 24.0 Å². The number of carboxylic acid groups (broad SMARTS) is 1. The summed E-state index contributed by atoms with van der Waals surface area (Å²) in [5.41, 5.74) is 0.544. The van der Waals surface area contributed by atoms with Crippen LogP contribution in [0.5, 0.6) is 0 Å². The van der Waals surface area contributed by atoms with Crippen molar-refractivity contribution in [2.75, 3.05) is 23.0 Å². The third-order valence-corrected chi connectivity index (χ3v) is 2.84. The van der Waals surface area contributed by atoms with Gasteiger partial charge in [0.2, 0.25) is 5.91 Å². The highest BCUT2D eigenvalue weighted by atomic mass is 32.2. The first-order chi connectivity index (χ1) is 8.65. The third-order valence-electron chi connectivity index (χ3n) is 2.05. The van der Waals surface area contributed by atoms with E-state index in [1.807, 2.05) is 6.07 Å². The number of aliphatic carboxylic acids is 1. The smallest absolute Gasteiger partial charge is 0.323 e. The highest BCUT2D eigenvalue weighted by molar-refractivity contribution is 8.00. The molecule has 0 saturated carbocycles. The van der Waals surface area contributed by atoms with Gasteiger partial charge in [-0.3, -0.25) is 9.59 Å². The van der Waals surface area contributed by atoms with Gasteiger partial charge in [0, 0.05) is 5.69 Å². The van der Waals surface area contributed by atoms with Gasteiger partial charge < -0.3 is 10.0 Å². The van der Waals surface area contributed by atoms with Gasteiger partial charge >= 0.3 is 5.97 Å². The summed E-state index contributed by atoms with van der Waals surface area (Å²) < 4.78 is 0. The van der Waals surface area contributed by atoms with Crippen LogP contribution >= 0.6 is 11.8 Å². The Morgan fingerprint density at radius 2 is 2.00 bits per heavy atom. The summed E-state index contributed by atoms with van der Waals surface area (Å²) in [6, 6.07) is 10.5. The van der Waals surface area contributed by atoms with Gasteiger partial charge in [0.25, 0.3) is 0 Å². The maximum Gasteiger partial charge on any atom is 0.323 e. The molecule has 1 aromatic rings. The lowest BCUT2D eigenvalue weighted by molar-refractivity contribution is -0.136. The average molecular weight is 264 g/mol. The molecule has 0 bridgehead atoms. The quantitative estimate of drug-likeness (QED) is 0.784. The van der Waals surface area contributed by atoms with Crippen LogP contribution in [-0.4, -0.2) is 35.0 Å². The second-order valence-electron chi connectivity index (χ2n) is 3.36. The minimum atomic E-state index is -1.07. The van der Waals surface area contributed by atoms with Crippen LogP contribution in [0.25, 0.3) is 0 Å². The van der Waals surface area contributed by atoms with Crippen LogP contribution in [0.15, 0.2) is 30.3 Å². The monoisotopic (exact) mass is 264 g/mol. The zero-order valence-corrected chi connectivity index (χ0v) is 10.4. The maximum atomic E-state index is 11.9. The second kappa shape index (κ2) is 7.35. The minimum Gasteiger partial charge on any atom is -0.480 e. The van der Waals surface area contributed by atoms with E-state index < -0.39 is 5.97 Å². The molecule has 0 unspecified atom stereocenters. The number of carboxylic acids is 1. The number of anilines is 1. The number of amides is 1. The topological polar surface area (TPSA) is 81.4 Å². The van der Waals surface area contributed by atoms with Crippen LogP contribution in [0.4, 0.5) is 5.69 Å². The van der Waals surface area contributed by atoms with Crippen molar-refractivity contribution >= 4 is 29.3 Å². The van der Waals surface area contributed by atoms with Gasteiger partial charge in [-0.1, -0.05) is 18.2 Å². The summed E-state index contributed by atoms with van der Waals surface area (Å²) in [5.74, 6) is -1.08. The number of hydrogen-bond acceptors (Lipinski definition) is 4. The number of hydrogen-bond donors (Lipinski definition) is 1. The Bertz CT molecular complexity index is 456. The summed E-state index contributed by atoms with van der Waals surface area (Å²) in [4.78, 5) is 23.9. The molecular weight excluding hydrogens is 252 g/mol. The zero-order valence-electron chi connectivity index (χ0n) is 9.57. The molecule has 6 heteroatoms. The molecule has 1 rings (SSSR count). The first kappa shape index (κ1) is 14.1. The van der Waals surface area contributed by atoms with Crippen LogP contribution in [0, 0.1) is 11.3 Å². The van der Waals surface area contributed by atoms with Crippen molar-refractivity contribution in [2.24, 2.45) is 0 Å². The van der Waals surface area contributed by atoms with E-state index in [0.29, 0.717) is 5.69 Å². The molecule has 0 aliphatic carbocycles. The average Bonchev–Trinajstić information content (AvgIpc) is 2.37. The predicted molar refractivity (Wildman–Crippen MR) is 69.4 cm³/mol.